The fourth-order valence-electron chi connectivity index (χ4n) is 1.74. The predicted molar refractivity (Wildman–Crippen MR) is 70.4 cm³/mol. The highest BCUT2D eigenvalue weighted by molar-refractivity contribution is 9.10. The summed E-state index contributed by atoms with van der Waals surface area (Å²) in [5.74, 6) is 0.515. The van der Waals surface area contributed by atoms with Gasteiger partial charge < -0.3 is 15.2 Å². The van der Waals surface area contributed by atoms with Crippen molar-refractivity contribution in [3.05, 3.63) is 34.9 Å². The molecule has 0 saturated heterocycles. The third kappa shape index (κ3) is 1.91. The minimum Gasteiger partial charge on any atom is -0.508 e. The van der Waals surface area contributed by atoms with Gasteiger partial charge in [-0.3, -0.25) is 0 Å². The molecule has 0 fully saturated rings. The Labute approximate surface area is 110 Å². The number of imidazole rings is 1. The molecule has 1 aromatic carbocycles. The normalized spacial score (nSPS) is 10.9. The van der Waals surface area contributed by atoms with Gasteiger partial charge in [0.15, 0.2) is 5.65 Å². The van der Waals surface area contributed by atoms with E-state index in [2.05, 4.69) is 30.9 Å². The van der Waals surface area contributed by atoms with E-state index in [1.165, 1.54) is 18.2 Å². The summed E-state index contributed by atoms with van der Waals surface area (Å²) in [4.78, 5) is 11.5. The summed E-state index contributed by atoms with van der Waals surface area (Å²) in [5, 5.41) is 18.9. The molecule has 2 heterocycles. The highest BCUT2D eigenvalue weighted by atomic mass is 79.9. The van der Waals surface area contributed by atoms with Gasteiger partial charge in [0.25, 0.3) is 0 Å². The minimum absolute atomic E-state index is 0.0143. The number of nitrogens with zero attached hydrogens (tertiary/aromatic N) is 2. The first-order valence-corrected chi connectivity index (χ1v) is 5.96. The van der Waals surface area contributed by atoms with Crippen molar-refractivity contribution in [2.45, 2.75) is 0 Å². The van der Waals surface area contributed by atoms with E-state index < -0.39 is 0 Å². The topological polar surface area (TPSA) is 82.0 Å². The molecule has 6 heteroatoms. The van der Waals surface area contributed by atoms with Crippen LogP contribution in [0.3, 0.4) is 0 Å². The van der Waals surface area contributed by atoms with Crippen molar-refractivity contribution in [3.63, 3.8) is 0 Å². The Morgan fingerprint density at radius 2 is 1.78 bits per heavy atom. The molecule has 0 aliphatic carbocycles. The Balaban J connectivity index is 2.19. The fourth-order valence-corrected chi connectivity index (χ4v) is 2.07. The third-order valence-electron chi connectivity index (χ3n) is 2.48. The number of phenols is 2. The van der Waals surface area contributed by atoms with Gasteiger partial charge in [-0.05, 0) is 34.1 Å². The second-order valence-corrected chi connectivity index (χ2v) is 4.76. The molecule has 0 aliphatic heterocycles. The summed E-state index contributed by atoms with van der Waals surface area (Å²) in [5.41, 5.74) is 1.96. The van der Waals surface area contributed by atoms with Crippen LogP contribution in [0.1, 0.15) is 0 Å². The lowest BCUT2D eigenvalue weighted by atomic mass is 10.2. The Morgan fingerprint density at radius 3 is 2.50 bits per heavy atom. The highest BCUT2D eigenvalue weighted by Crippen LogP contribution is 2.28. The van der Waals surface area contributed by atoms with Crippen LogP contribution < -0.4 is 0 Å². The van der Waals surface area contributed by atoms with Crippen molar-refractivity contribution < 1.29 is 10.2 Å². The molecule has 90 valence electrons. The van der Waals surface area contributed by atoms with Gasteiger partial charge in [-0.2, -0.15) is 0 Å². The molecule has 3 rings (SSSR count). The average Bonchev–Trinajstić information content (AvgIpc) is 2.70. The van der Waals surface area contributed by atoms with Crippen LogP contribution in [0, 0.1) is 0 Å². The number of pyridine rings is 1. The monoisotopic (exact) mass is 305 g/mol. The summed E-state index contributed by atoms with van der Waals surface area (Å²) in [6.45, 7) is 0. The van der Waals surface area contributed by atoms with Gasteiger partial charge in [-0.15, -0.1) is 0 Å². The number of hydrogen-bond donors (Lipinski definition) is 3. The van der Waals surface area contributed by atoms with E-state index in [4.69, 9.17) is 0 Å². The largest absolute Gasteiger partial charge is 0.508 e. The molecule has 0 amide bonds. The Morgan fingerprint density at radius 1 is 1.06 bits per heavy atom. The lowest BCUT2D eigenvalue weighted by Crippen LogP contribution is -1.80. The van der Waals surface area contributed by atoms with Crippen LogP contribution in [0.15, 0.2) is 34.9 Å². The number of fused-ring (bicyclic) bond motifs is 1. The lowest BCUT2D eigenvalue weighted by Gasteiger charge is -1.99. The zero-order chi connectivity index (χ0) is 12.7. The quantitative estimate of drug-likeness (QED) is 0.645. The van der Waals surface area contributed by atoms with Crippen LogP contribution in [-0.4, -0.2) is 25.2 Å². The molecule has 18 heavy (non-hydrogen) atoms. The standard InChI is InChI=1S/C12H8BrN3O2/c13-7-3-10-12(14-5-7)16-11(15-10)6-1-8(17)4-9(18)2-6/h1-5,17-18H,(H,14,15,16). The number of halogens is 1. The van der Waals surface area contributed by atoms with Crippen LogP contribution in [0.4, 0.5) is 0 Å². The Bertz CT molecular complexity index is 719. The van der Waals surface area contributed by atoms with Crippen molar-refractivity contribution >= 4 is 27.1 Å². The van der Waals surface area contributed by atoms with Crippen molar-refractivity contribution in [2.75, 3.05) is 0 Å². The van der Waals surface area contributed by atoms with Gasteiger partial charge in [-0.1, -0.05) is 0 Å². The SMILES string of the molecule is Oc1cc(O)cc(-c2nc3ncc(Br)cc3[nH]2)c1. The summed E-state index contributed by atoms with van der Waals surface area (Å²) < 4.78 is 0.851. The Kier molecular flexibility index (Phi) is 2.45. The van der Waals surface area contributed by atoms with Gasteiger partial charge in [0, 0.05) is 22.3 Å². The predicted octanol–water partition coefficient (Wildman–Crippen LogP) is 2.80. The lowest BCUT2D eigenvalue weighted by molar-refractivity contribution is 0.451. The van der Waals surface area contributed by atoms with Crippen molar-refractivity contribution in [1.82, 2.24) is 15.0 Å². The number of aromatic nitrogens is 3. The van der Waals surface area contributed by atoms with Gasteiger partial charge in [0.1, 0.15) is 17.3 Å². The molecule has 5 nitrogen and oxygen atoms in total. The van der Waals surface area contributed by atoms with Gasteiger partial charge in [0.05, 0.1) is 5.52 Å². The number of nitrogens with one attached hydrogen (secondary N) is 1. The second kappa shape index (κ2) is 3.99. The van der Waals surface area contributed by atoms with Crippen LogP contribution in [0.5, 0.6) is 11.5 Å². The second-order valence-electron chi connectivity index (χ2n) is 3.85. The number of H-pyrrole nitrogens is 1. The van der Waals surface area contributed by atoms with Crippen molar-refractivity contribution in [1.29, 1.82) is 0 Å². The minimum atomic E-state index is -0.0143. The number of rotatable bonds is 1. The number of hydrogen-bond acceptors (Lipinski definition) is 4. The molecule has 0 spiro atoms. The van der Waals surface area contributed by atoms with E-state index in [0.717, 1.165) is 9.99 Å². The first kappa shape index (κ1) is 11.0. The molecule has 0 radical (unpaired) electrons. The van der Waals surface area contributed by atoms with Crippen LogP contribution in [0.2, 0.25) is 0 Å². The third-order valence-corrected chi connectivity index (χ3v) is 2.91. The highest BCUT2D eigenvalue weighted by Gasteiger charge is 2.08. The Hall–Kier alpha value is -2.08. The summed E-state index contributed by atoms with van der Waals surface area (Å²) in [7, 11) is 0. The maximum absolute atomic E-state index is 9.45. The average molecular weight is 306 g/mol. The molecular weight excluding hydrogens is 298 g/mol. The summed E-state index contributed by atoms with van der Waals surface area (Å²) in [6, 6.07) is 6.17. The first-order chi connectivity index (χ1) is 8.61. The van der Waals surface area contributed by atoms with Gasteiger partial charge in [-0.25, -0.2) is 9.97 Å². The first-order valence-electron chi connectivity index (χ1n) is 5.16. The molecule has 0 atom stereocenters. The molecule has 0 unspecified atom stereocenters. The molecule has 0 bridgehead atoms. The zero-order valence-corrected chi connectivity index (χ0v) is 10.6. The molecule has 3 N–H and O–H groups in total. The molecule has 3 aromatic rings. The smallest absolute Gasteiger partial charge is 0.178 e. The van der Waals surface area contributed by atoms with Crippen LogP contribution in [-0.2, 0) is 0 Å². The van der Waals surface area contributed by atoms with E-state index in [1.54, 1.807) is 6.20 Å². The number of aromatic amines is 1. The van der Waals surface area contributed by atoms with Gasteiger partial charge in [0.2, 0.25) is 0 Å². The van der Waals surface area contributed by atoms with Crippen molar-refractivity contribution in [3.8, 4) is 22.9 Å². The maximum atomic E-state index is 9.45. The van der Waals surface area contributed by atoms with E-state index >= 15 is 0 Å². The molecular formula is C12H8BrN3O2. The van der Waals surface area contributed by atoms with Crippen LogP contribution in [0.25, 0.3) is 22.6 Å². The van der Waals surface area contributed by atoms with E-state index in [0.29, 0.717) is 17.0 Å². The summed E-state index contributed by atoms with van der Waals surface area (Å²) in [6.07, 6.45) is 1.66. The molecule has 0 saturated carbocycles. The zero-order valence-electron chi connectivity index (χ0n) is 9.05. The van der Waals surface area contributed by atoms with E-state index in [1.807, 2.05) is 6.07 Å². The molecule has 2 aromatic heterocycles. The fraction of sp³-hybridized carbons (Fsp3) is 0. The number of phenolic OH excluding ortho intramolecular Hbond substituents is 2. The van der Waals surface area contributed by atoms with Gasteiger partial charge >= 0.3 is 0 Å². The van der Waals surface area contributed by atoms with E-state index in [9.17, 15) is 10.2 Å². The number of benzene rings is 1. The van der Waals surface area contributed by atoms with Crippen LogP contribution >= 0.6 is 15.9 Å². The van der Waals surface area contributed by atoms with Crippen molar-refractivity contribution in [2.24, 2.45) is 0 Å². The maximum Gasteiger partial charge on any atom is 0.178 e. The summed E-state index contributed by atoms with van der Waals surface area (Å²) >= 11 is 3.33. The number of aromatic hydroxyl groups is 2. The molecule has 0 aliphatic rings. The van der Waals surface area contributed by atoms with E-state index in [-0.39, 0.29) is 11.5 Å².